The molecule has 2 aromatic rings. The molecule has 0 atom stereocenters. The fraction of sp³-hybridized carbons (Fsp3) is 0.167. The summed E-state index contributed by atoms with van der Waals surface area (Å²) in [5.41, 5.74) is 1.02. The summed E-state index contributed by atoms with van der Waals surface area (Å²) in [7, 11) is 1.65. The van der Waals surface area contributed by atoms with Gasteiger partial charge in [0.25, 0.3) is 0 Å². The maximum Gasteiger partial charge on any atom is 0.134 e. The highest BCUT2D eigenvalue weighted by Crippen LogP contribution is 2.24. The van der Waals surface area contributed by atoms with Crippen molar-refractivity contribution in [3.05, 3.63) is 42.2 Å². The maximum absolute atomic E-state index is 5.66. The summed E-state index contributed by atoms with van der Waals surface area (Å²) in [4.78, 5) is 0. The summed E-state index contributed by atoms with van der Waals surface area (Å²) in [6.07, 6.45) is 0. The van der Waals surface area contributed by atoms with Crippen LogP contribution in [0, 0.1) is 0 Å². The van der Waals surface area contributed by atoms with E-state index in [0.29, 0.717) is 5.88 Å². The van der Waals surface area contributed by atoms with Crippen LogP contribution in [-0.2, 0) is 5.88 Å². The summed E-state index contributed by atoms with van der Waals surface area (Å²) in [5, 5.41) is 0. The molecule has 0 fully saturated rings. The van der Waals surface area contributed by atoms with Crippen LogP contribution >= 0.6 is 11.6 Å². The van der Waals surface area contributed by atoms with Gasteiger partial charge in [0.05, 0.1) is 13.0 Å². The largest absolute Gasteiger partial charge is 0.497 e. The van der Waals surface area contributed by atoms with Crippen molar-refractivity contribution >= 4 is 11.6 Å². The molecular formula is C12H11ClO2. The second-order valence-corrected chi connectivity index (χ2v) is 3.40. The van der Waals surface area contributed by atoms with E-state index in [-0.39, 0.29) is 0 Å². The molecule has 1 heterocycles. The highest BCUT2D eigenvalue weighted by molar-refractivity contribution is 6.16. The number of hydrogen-bond donors (Lipinski definition) is 0. The van der Waals surface area contributed by atoms with E-state index in [1.165, 1.54) is 0 Å². The number of benzene rings is 1. The van der Waals surface area contributed by atoms with E-state index in [0.717, 1.165) is 22.8 Å². The first kappa shape index (κ1) is 10.1. The van der Waals surface area contributed by atoms with Gasteiger partial charge in [-0.1, -0.05) is 0 Å². The quantitative estimate of drug-likeness (QED) is 0.739. The summed E-state index contributed by atoms with van der Waals surface area (Å²) in [5.74, 6) is 2.84. The van der Waals surface area contributed by atoms with Gasteiger partial charge in [-0.15, -0.1) is 11.6 Å². The third kappa shape index (κ3) is 2.16. The predicted octanol–water partition coefficient (Wildman–Crippen LogP) is 3.69. The number of alkyl halides is 1. The van der Waals surface area contributed by atoms with Crippen molar-refractivity contribution in [1.29, 1.82) is 0 Å². The Morgan fingerprint density at radius 3 is 2.40 bits per heavy atom. The number of methoxy groups -OCH3 is 1. The third-order valence-electron chi connectivity index (χ3n) is 2.17. The van der Waals surface area contributed by atoms with Crippen LogP contribution in [-0.4, -0.2) is 7.11 Å². The molecule has 15 heavy (non-hydrogen) atoms. The van der Waals surface area contributed by atoms with E-state index in [2.05, 4.69) is 0 Å². The zero-order valence-corrected chi connectivity index (χ0v) is 9.12. The van der Waals surface area contributed by atoms with E-state index in [1.54, 1.807) is 7.11 Å². The Bertz CT molecular complexity index is 431. The average Bonchev–Trinajstić information content (AvgIpc) is 2.78. The monoisotopic (exact) mass is 222 g/mol. The van der Waals surface area contributed by atoms with Gasteiger partial charge in [0.2, 0.25) is 0 Å². The molecule has 0 spiro atoms. The van der Waals surface area contributed by atoms with Gasteiger partial charge in [-0.2, -0.15) is 0 Å². The van der Waals surface area contributed by atoms with Crippen LogP contribution in [0.4, 0.5) is 0 Å². The zero-order chi connectivity index (χ0) is 10.7. The molecule has 0 bridgehead atoms. The van der Waals surface area contributed by atoms with Crippen LogP contribution in [0.3, 0.4) is 0 Å². The SMILES string of the molecule is COc1ccc(-c2ccc(CCl)o2)cc1. The highest BCUT2D eigenvalue weighted by atomic mass is 35.5. The first-order chi connectivity index (χ1) is 7.33. The van der Waals surface area contributed by atoms with Gasteiger partial charge in [-0.05, 0) is 36.4 Å². The maximum atomic E-state index is 5.66. The molecule has 0 aliphatic carbocycles. The van der Waals surface area contributed by atoms with E-state index in [9.17, 15) is 0 Å². The lowest BCUT2D eigenvalue weighted by Gasteiger charge is -2.00. The molecule has 1 aromatic heterocycles. The van der Waals surface area contributed by atoms with Crippen molar-refractivity contribution in [2.75, 3.05) is 7.11 Å². The van der Waals surface area contributed by atoms with E-state index >= 15 is 0 Å². The number of furan rings is 1. The Kier molecular flexibility index (Phi) is 2.97. The predicted molar refractivity (Wildman–Crippen MR) is 60.3 cm³/mol. The standard InChI is InChI=1S/C12H11ClO2/c1-14-10-4-2-9(3-5-10)12-7-6-11(8-13)15-12/h2-7H,8H2,1H3. The minimum absolute atomic E-state index is 0.399. The second kappa shape index (κ2) is 4.41. The fourth-order valence-electron chi connectivity index (χ4n) is 1.36. The van der Waals surface area contributed by atoms with Gasteiger partial charge in [0, 0.05) is 5.56 Å². The molecule has 1 aromatic carbocycles. The third-order valence-corrected chi connectivity index (χ3v) is 2.43. The lowest BCUT2D eigenvalue weighted by atomic mass is 10.2. The Hall–Kier alpha value is -1.41. The van der Waals surface area contributed by atoms with Crippen molar-refractivity contribution in [3.8, 4) is 17.1 Å². The molecule has 0 aliphatic heterocycles. The van der Waals surface area contributed by atoms with Gasteiger partial charge >= 0.3 is 0 Å². The van der Waals surface area contributed by atoms with Crippen LogP contribution < -0.4 is 4.74 Å². The normalized spacial score (nSPS) is 10.3. The molecular weight excluding hydrogens is 212 g/mol. The van der Waals surface area contributed by atoms with Crippen LogP contribution in [0.15, 0.2) is 40.8 Å². The lowest BCUT2D eigenvalue weighted by Crippen LogP contribution is -1.81. The summed E-state index contributed by atoms with van der Waals surface area (Å²) >= 11 is 5.66. The smallest absolute Gasteiger partial charge is 0.134 e. The molecule has 3 heteroatoms. The Morgan fingerprint density at radius 1 is 1.13 bits per heavy atom. The molecule has 2 rings (SSSR count). The molecule has 0 N–H and O–H groups in total. The lowest BCUT2D eigenvalue weighted by molar-refractivity contribution is 0.415. The Morgan fingerprint density at radius 2 is 1.87 bits per heavy atom. The minimum atomic E-state index is 0.399. The molecule has 0 amide bonds. The highest BCUT2D eigenvalue weighted by Gasteiger charge is 2.03. The van der Waals surface area contributed by atoms with Crippen LogP contribution in [0.5, 0.6) is 5.75 Å². The Balaban J connectivity index is 2.28. The number of rotatable bonds is 3. The van der Waals surface area contributed by atoms with Gasteiger partial charge < -0.3 is 9.15 Å². The van der Waals surface area contributed by atoms with E-state index in [4.69, 9.17) is 20.8 Å². The first-order valence-corrected chi connectivity index (χ1v) is 5.16. The van der Waals surface area contributed by atoms with E-state index in [1.807, 2.05) is 36.4 Å². The molecule has 0 saturated carbocycles. The fourth-order valence-corrected chi connectivity index (χ4v) is 1.50. The van der Waals surface area contributed by atoms with Crippen LogP contribution in [0.2, 0.25) is 0 Å². The molecule has 78 valence electrons. The van der Waals surface area contributed by atoms with Crippen molar-refractivity contribution in [1.82, 2.24) is 0 Å². The van der Waals surface area contributed by atoms with E-state index < -0.39 is 0 Å². The molecule has 0 unspecified atom stereocenters. The van der Waals surface area contributed by atoms with Gasteiger partial charge in [0.15, 0.2) is 0 Å². The van der Waals surface area contributed by atoms with Crippen LogP contribution in [0.1, 0.15) is 5.76 Å². The molecule has 0 aliphatic rings. The van der Waals surface area contributed by atoms with Crippen molar-refractivity contribution in [2.45, 2.75) is 5.88 Å². The molecule has 0 saturated heterocycles. The number of hydrogen-bond acceptors (Lipinski definition) is 2. The zero-order valence-electron chi connectivity index (χ0n) is 8.37. The first-order valence-electron chi connectivity index (χ1n) is 4.62. The summed E-state index contributed by atoms with van der Waals surface area (Å²) < 4.78 is 10.6. The van der Waals surface area contributed by atoms with Gasteiger partial charge in [-0.3, -0.25) is 0 Å². The minimum Gasteiger partial charge on any atom is -0.497 e. The van der Waals surface area contributed by atoms with Crippen molar-refractivity contribution in [3.63, 3.8) is 0 Å². The van der Waals surface area contributed by atoms with Gasteiger partial charge in [-0.25, -0.2) is 0 Å². The number of ether oxygens (including phenoxy) is 1. The van der Waals surface area contributed by atoms with Crippen molar-refractivity contribution < 1.29 is 9.15 Å². The molecule has 2 nitrogen and oxygen atoms in total. The summed E-state index contributed by atoms with van der Waals surface area (Å²) in [6.45, 7) is 0. The molecule has 0 radical (unpaired) electrons. The average molecular weight is 223 g/mol. The number of halogens is 1. The Labute approximate surface area is 93.4 Å². The second-order valence-electron chi connectivity index (χ2n) is 3.13. The van der Waals surface area contributed by atoms with Crippen molar-refractivity contribution in [2.24, 2.45) is 0 Å². The van der Waals surface area contributed by atoms with Gasteiger partial charge in [0.1, 0.15) is 17.3 Å². The summed E-state index contributed by atoms with van der Waals surface area (Å²) in [6, 6.07) is 11.5. The van der Waals surface area contributed by atoms with Crippen LogP contribution in [0.25, 0.3) is 11.3 Å². The topological polar surface area (TPSA) is 22.4 Å².